The topological polar surface area (TPSA) is 71.1 Å². The summed E-state index contributed by atoms with van der Waals surface area (Å²) in [5, 5.41) is 3.10. The van der Waals surface area contributed by atoms with Gasteiger partial charge < -0.3 is 24.6 Å². The van der Waals surface area contributed by atoms with Crippen molar-refractivity contribution in [3.05, 3.63) is 59.7 Å². The molecule has 1 atom stereocenters. The smallest absolute Gasteiger partial charge is 0.251 e. The van der Waals surface area contributed by atoms with E-state index in [2.05, 4.69) is 17.3 Å². The van der Waals surface area contributed by atoms with Crippen LogP contribution in [-0.2, 0) is 11.2 Å². The van der Waals surface area contributed by atoms with Gasteiger partial charge in [-0.3, -0.25) is 9.59 Å². The van der Waals surface area contributed by atoms with E-state index in [1.54, 1.807) is 20.3 Å². The predicted molar refractivity (Wildman–Crippen MR) is 122 cm³/mol. The molecule has 2 heterocycles. The molecule has 7 heteroatoms. The van der Waals surface area contributed by atoms with Crippen LogP contribution >= 0.6 is 0 Å². The number of amides is 2. The van der Waals surface area contributed by atoms with Gasteiger partial charge in [-0.05, 0) is 42.8 Å². The number of hydrogen-bond acceptors (Lipinski definition) is 5. The van der Waals surface area contributed by atoms with Gasteiger partial charge in [0.2, 0.25) is 5.91 Å². The lowest BCUT2D eigenvalue weighted by Crippen LogP contribution is -2.63. The lowest BCUT2D eigenvalue weighted by Gasteiger charge is -2.51. The summed E-state index contributed by atoms with van der Waals surface area (Å²) in [7, 11) is 5.31. The van der Waals surface area contributed by atoms with Crippen LogP contribution in [-0.4, -0.2) is 75.6 Å². The van der Waals surface area contributed by atoms with Crippen LogP contribution in [0.1, 0.15) is 15.9 Å². The van der Waals surface area contributed by atoms with Gasteiger partial charge in [0.05, 0.1) is 20.6 Å². The zero-order chi connectivity index (χ0) is 22.7. The molecule has 4 rings (SSSR count). The lowest BCUT2D eigenvalue weighted by molar-refractivity contribution is -0.144. The van der Waals surface area contributed by atoms with Gasteiger partial charge in [-0.25, -0.2) is 0 Å². The first-order chi connectivity index (χ1) is 15.4. The van der Waals surface area contributed by atoms with E-state index in [1.165, 1.54) is 0 Å². The average Bonchev–Trinajstić information content (AvgIpc) is 3.13. The molecule has 7 nitrogen and oxygen atoms in total. The highest BCUT2D eigenvalue weighted by molar-refractivity contribution is 5.94. The monoisotopic (exact) mass is 437 g/mol. The highest BCUT2D eigenvalue weighted by Crippen LogP contribution is 2.43. The van der Waals surface area contributed by atoms with Crippen LogP contribution in [0.5, 0.6) is 11.5 Å². The fraction of sp³-hybridized carbons (Fsp3) is 0.440. The van der Waals surface area contributed by atoms with Crippen molar-refractivity contribution in [2.24, 2.45) is 11.3 Å². The van der Waals surface area contributed by atoms with Gasteiger partial charge in [0, 0.05) is 49.8 Å². The number of carbonyl (C=O) groups is 2. The highest BCUT2D eigenvalue weighted by atomic mass is 16.5. The van der Waals surface area contributed by atoms with Gasteiger partial charge in [0.15, 0.2) is 0 Å². The third-order valence-electron chi connectivity index (χ3n) is 6.66. The molecule has 2 amide bonds. The second-order valence-corrected chi connectivity index (χ2v) is 8.98. The molecule has 0 radical (unpaired) electrons. The Kier molecular flexibility index (Phi) is 6.37. The average molecular weight is 438 g/mol. The fourth-order valence-corrected chi connectivity index (χ4v) is 4.99. The summed E-state index contributed by atoms with van der Waals surface area (Å²) in [4.78, 5) is 29.6. The van der Waals surface area contributed by atoms with E-state index >= 15 is 0 Å². The van der Waals surface area contributed by atoms with Crippen molar-refractivity contribution in [3.63, 3.8) is 0 Å². The first-order valence-corrected chi connectivity index (χ1v) is 10.9. The Labute approximate surface area is 189 Å². The number of likely N-dealkylation sites (tertiary alicyclic amines) is 2. The van der Waals surface area contributed by atoms with Crippen LogP contribution in [0.3, 0.4) is 0 Å². The van der Waals surface area contributed by atoms with Gasteiger partial charge in [0.25, 0.3) is 5.91 Å². The Hall–Kier alpha value is -3.06. The molecule has 0 bridgehead atoms. The van der Waals surface area contributed by atoms with Crippen molar-refractivity contribution in [1.29, 1.82) is 0 Å². The van der Waals surface area contributed by atoms with Crippen molar-refractivity contribution in [3.8, 4) is 11.5 Å². The van der Waals surface area contributed by atoms with Gasteiger partial charge in [-0.2, -0.15) is 0 Å². The third kappa shape index (κ3) is 4.58. The van der Waals surface area contributed by atoms with Crippen LogP contribution in [0.4, 0.5) is 0 Å². The van der Waals surface area contributed by atoms with E-state index in [9.17, 15) is 9.59 Å². The maximum atomic E-state index is 12.9. The van der Waals surface area contributed by atoms with Crippen LogP contribution in [0.15, 0.2) is 48.5 Å². The van der Waals surface area contributed by atoms with E-state index in [-0.39, 0.29) is 17.2 Å². The Morgan fingerprint density at radius 3 is 2.31 bits per heavy atom. The number of methoxy groups -OCH3 is 2. The fourth-order valence-electron chi connectivity index (χ4n) is 4.99. The molecule has 0 saturated carbocycles. The van der Waals surface area contributed by atoms with E-state index in [1.807, 2.05) is 47.4 Å². The predicted octanol–water partition coefficient (Wildman–Crippen LogP) is 2.07. The van der Waals surface area contributed by atoms with E-state index in [4.69, 9.17) is 9.47 Å². The Balaban J connectivity index is 1.35. The molecule has 2 aliphatic heterocycles. The normalized spacial score (nSPS) is 19.5. The van der Waals surface area contributed by atoms with Gasteiger partial charge in [-0.15, -0.1) is 0 Å². The van der Waals surface area contributed by atoms with Gasteiger partial charge >= 0.3 is 0 Å². The largest absolute Gasteiger partial charge is 0.497 e. The summed E-state index contributed by atoms with van der Waals surface area (Å²) in [6.07, 6.45) is 0.314. The van der Waals surface area contributed by atoms with Crippen LogP contribution < -0.4 is 14.8 Å². The Morgan fingerprint density at radius 2 is 1.69 bits per heavy atom. The molecule has 2 aromatic rings. The molecule has 1 N–H and O–H groups in total. The molecule has 32 heavy (non-hydrogen) atoms. The molecule has 0 aliphatic carbocycles. The maximum absolute atomic E-state index is 12.9. The number of nitrogens with one attached hydrogen (secondary N) is 1. The summed E-state index contributed by atoms with van der Waals surface area (Å²) < 4.78 is 10.6. The molecule has 2 aromatic carbocycles. The summed E-state index contributed by atoms with van der Waals surface area (Å²) in [5.41, 5.74) is 1.59. The van der Waals surface area contributed by atoms with Gasteiger partial charge in [0.1, 0.15) is 11.5 Å². The lowest BCUT2D eigenvalue weighted by atomic mass is 9.71. The number of ether oxygens (including phenoxy) is 2. The Bertz CT molecular complexity index is 950. The second-order valence-electron chi connectivity index (χ2n) is 8.98. The van der Waals surface area contributed by atoms with Crippen molar-refractivity contribution in [1.82, 2.24) is 15.1 Å². The first kappa shape index (κ1) is 22.1. The highest BCUT2D eigenvalue weighted by Gasteiger charge is 2.54. The molecular weight excluding hydrogens is 406 g/mol. The molecule has 2 fully saturated rings. The maximum Gasteiger partial charge on any atom is 0.251 e. The molecule has 2 saturated heterocycles. The first-order valence-electron chi connectivity index (χ1n) is 10.9. The Morgan fingerprint density at radius 1 is 1.03 bits per heavy atom. The summed E-state index contributed by atoms with van der Waals surface area (Å²) in [6, 6.07) is 14.8. The SMILES string of the molecule is COc1cc(CC(=O)N2CC3(CN(C)CC3CNC(=O)c3ccccc3)C2)cc(OC)c1. The van der Waals surface area contributed by atoms with E-state index in [0.717, 1.165) is 31.7 Å². The van der Waals surface area contributed by atoms with Crippen molar-refractivity contribution >= 4 is 11.8 Å². The minimum atomic E-state index is -0.0467. The quantitative estimate of drug-likeness (QED) is 0.718. The van der Waals surface area contributed by atoms with E-state index in [0.29, 0.717) is 35.9 Å². The zero-order valence-corrected chi connectivity index (χ0v) is 19.0. The van der Waals surface area contributed by atoms with Crippen molar-refractivity contribution in [2.75, 3.05) is 54.0 Å². The second kappa shape index (κ2) is 9.20. The van der Waals surface area contributed by atoms with Crippen LogP contribution in [0, 0.1) is 11.3 Å². The molecule has 2 aliphatic rings. The minimum absolute atomic E-state index is 0.0421. The summed E-state index contributed by atoms with van der Waals surface area (Å²) in [6.45, 7) is 3.93. The van der Waals surface area contributed by atoms with Crippen molar-refractivity contribution < 1.29 is 19.1 Å². The van der Waals surface area contributed by atoms with Gasteiger partial charge in [-0.1, -0.05) is 18.2 Å². The zero-order valence-electron chi connectivity index (χ0n) is 19.0. The minimum Gasteiger partial charge on any atom is -0.497 e. The van der Waals surface area contributed by atoms with Crippen LogP contribution in [0.25, 0.3) is 0 Å². The number of nitrogens with zero attached hydrogens (tertiary/aromatic N) is 2. The molecule has 1 unspecified atom stereocenters. The van der Waals surface area contributed by atoms with Crippen molar-refractivity contribution in [2.45, 2.75) is 6.42 Å². The third-order valence-corrected chi connectivity index (χ3v) is 6.66. The molecule has 170 valence electrons. The molecule has 1 spiro atoms. The van der Waals surface area contributed by atoms with Crippen LogP contribution in [0.2, 0.25) is 0 Å². The number of rotatable bonds is 7. The van der Waals surface area contributed by atoms with E-state index < -0.39 is 0 Å². The standard InChI is InChI=1S/C25H31N3O4/c1-27-14-20(13-26-24(30)19-7-5-4-6-8-19)25(15-27)16-28(17-25)23(29)11-18-9-21(31-2)12-22(10-18)32-3/h4-10,12,20H,11,13-17H2,1-3H3,(H,26,30). The summed E-state index contributed by atoms with van der Waals surface area (Å²) in [5.74, 6) is 1.74. The number of benzene rings is 2. The summed E-state index contributed by atoms with van der Waals surface area (Å²) >= 11 is 0. The number of hydrogen-bond donors (Lipinski definition) is 1. The molecular formula is C25H31N3O4. The molecule has 0 aromatic heterocycles. The number of carbonyl (C=O) groups excluding carboxylic acids is 2.